The molecule has 120 valence electrons. The van der Waals surface area contributed by atoms with Crippen LogP contribution in [0.3, 0.4) is 0 Å². The molecule has 1 amide bonds. The summed E-state index contributed by atoms with van der Waals surface area (Å²) in [6, 6.07) is 8.28. The van der Waals surface area contributed by atoms with Crippen LogP contribution in [0.4, 0.5) is 0 Å². The van der Waals surface area contributed by atoms with E-state index < -0.39 is 5.97 Å². The molecule has 0 saturated carbocycles. The van der Waals surface area contributed by atoms with Gasteiger partial charge >= 0.3 is 5.97 Å². The van der Waals surface area contributed by atoms with Crippen LogP contribution in [0, 0.1) is 5.92 Å². The molecule has 0 radical (unpaired) electrons. The zero-order chi connectivity index (χ0) is 16.2. The fourth-order valence-corrected chi connectivity index (χ4v) is 3.65. The van der Waals surface area contributed by atoms with Gasteiger partial charge in [-0.05, 0) is 30.4 Å². The van der Waals surface area contributed by atoms with Gasteiger partial charge in [0.15, 0.2) is 5.69 Å². The third-order valence-corrected chi connectivity index (χ3v) is 5.04. The number of aryl methyl sites for hydroxylation is 1. The van der Waals surface area contributed by atoms with Crippen LogP contribution in [-0.2, 0) is 24.1 Å². The molecule has 1 aliphatic carbocycles. The maximum atomic E-state index is 12.3. The summed E-state index contributed by atoms with van der Waals surface area (Å²) in [5, 5.41) is 14.0. The van der Waals surface area contributed by atoms with Crippen LogP contribution in [0.5, 0.6) is 0 Å². The lowest BCUT2D eigenvalue weighted by Crippen LogP contribution is -2.35. The van der Waals surface area contributed by atoms with E-state index in [1.807, 2.05) is 12.1 Å². The second-order valence-corrected chi connectivity index (χ2v) is 6.62. The van der Waals surface area contributed by atoms with E-state index in [4.69, 9.17) is 5.11 Å². The maximum absolute atomic E-state index is 12.3. The summed E-state index contributed by atoms with van der Waals surface area (Å²) in [6.45, 7) is 0.490. The number of benzene rings is 1. The predicted molar refractivity (Wildman–Crippen MR) is 87.7 cm³/mol. The number of carboxylic acid groups (broad SMARTS) is 1. The van der Waals surface area contributed by atoms with Crippen molar-refractivity contribution in [2.45, 2.75) is 25.7 Å². The smallest absolute Gasteiger partial charge is 0.355 e. The van der Waals surface area contributed by atoms with E-state index in [1.54, 1.807) is 0 Å². The zero-order valence-electron chi connectivity index (χ0n) is 12.6. The first kappa shape index (κ1) is 15.7. The molecule has 3 rings (SSSR count). The topological polar surface area (TPSA) is 79.3 Å². The van der Waals surface area contributed by atoms with Crippen molar-refractivity contribution in [1.82, 2.24) is 10.3 Å². The molecule has 1 heterocycles. The number of hydrogen-bond donors (Lipinski definition) is 2. The van der Waals surface area contributed by atoms with Crippen molar-refractivity contribution in [1.29, 1.82) is 0 Å². The number of rotatable bonds is 5. The molecule has 23 heavy (non-hydrogen) atoms. The van der Waals surface area contributed by atoms with Crippen molar-refractivity contribution in [3.8, 4) is 0 Å². The number of carbonyl (C=O) groups is 2. The standard InChI is InChI=1S/C17H18N2O3S/c20-16(13-6-5-11-3-1-2-4-12(11)9-13)18-8-7-15-19-14(10-23-15)17(21)22/h1-4,10,13H,5-9H2,(H,18,20)(H,21,22). The molecule has 2 N–H and O–H groups in total. The van der Waals surface area contributed by atoms with Gasteiger partial charge in [0.05, 0.1) is 5.01 Å². The second kappa shape index (κ2) is 6.91. The predicted octanol–water partition coefficient (Wildman–Crippen LogP) is 2.31. The number of fused-ring (bicyclic) bond motifs is 1. The lowest BCUT2D eigenvalue weighted by molar-refractivity contribution is -0.125. The summed E-state index contributed by atoms with van der Waals surface area (Å²) in [5.41, 5.74) is 2.69. The molecule has 2 aromatic rings. The van der Waals surface area contributed by atoms with Crippen LogP contribution >= 0.6 is 11.3 Å². The van der Waals surface area contributed by atoms with E-state index in [-0.39, 0.29) is 17.5 Å². The molecule has 0 bridgehead atoms. The highest BCUT2D eigenvalue weighted by Gasteiger charge is 2.24. The summed E-state index contributed by atoms with van der Waals surface area (Å²) in [6.07, 6.45) is 3.18. The number of aromatic nitrogens is 1. The highest BCUT2D eigenvalue weighted by atomic mass is 32.1. The van der Waals surface area contributed by atoms with Gasteiger partial charge in [-0.25, -0.2) is 9.78 Å². The summed E-state index contributed by atoms with van der Waals surface area (Å²) in [7, 11) is 0. The molecule has 0 aliphatic heterocycles. The lowest BCUT2D eigenvalue weighted by Gasteiger charge is -2.23. The normalized spacial score (nSPS) is 16.6. The van der Waals surface area contributed by atoms with Gasteiger partial charge in [0, 0.05) is 24.3 Å². The molecule has 1 atom stereocenters. The third-order valence-electron chi connectivity index (χ3n) is 4.13. The molecule has 0 fully saturated rings. The summed E-state index contributed by atoms with van der Waals surface area (Å²) in [4.78, 5) is 27.1. The maximum Gasteiger partial charge on any atom is 0.355 e. The average molecular weight is 330 g/mol. The molecule has 1 aromatic carbocycles. The van der Waals surface area contributed by atoms with Crippen molar-refractivity contribution in [3.05, 3.63) is 51.5 Å². The van der Waals surface area contributed by atoms with Gasteiger partial charge in [0.1, 0.15) is 0 Å². The molecular weight excluding hydrogens is 312 g/mol. The Balaban J connectivity index is 1.49. The largest absolute Gasteiger partial charge is 0.476 e. The number of nitrogens with one attached hydrogen (secondary N) is 1. The van der Waals surface area contributed by atoms with Crippen LogP contribution in [0.25, 0.3) is 0 Å². The van der Waals surface area contributed by atoms with Crippen molar-refractivity contribution in [2.75, 3.05) is 6.54 Å². The van der Waals surface area contributed by atoms with Crippen molar-refractivity contribution < 1.29 is 14.7 Å². The fourth-order valence-electron chi connectivity index (χ4n) is 2.88. The van der Waals surface area contributed by atoms with E-state index in [0.717, 1.165) is 24.3 Å². The van der Waals surface area contributed by atoms with E-state index in [0.29, 0.717) is 13.0 Å². The Morgan fingerprint density at radius 1 is 1.30 bits per heavy atom. The van der Waals surface area contributed by atoms with Crippen molar-refractivity contribution in [3.63, 3.8) is 0 Å². The van der Waals surface area contributed by atoms with Crippen LogP contribution in [0.15, 0.2) is 29.6 Å². The van der Waals surface area contributed by atoms with Gasteiger partial charge in [-0.1, -0.05) is 24.3 Å². The third kappa shape index (κ3) is 3.76. The molecule has 6 heteroatoms. The highest BCUT2D eigenvalue weighted by Crippen LogP contribution is 2.25. The SMILES string of the molecule is O=C(O)c1csc(CCNC(=O)C2CCc3ccccc3C2)n1. The van der Waals surface area contributed by atoms with Crippen LogP contribution in [-0.4, -0.2) is 28.5 Å². The number of hydrogen-bond acceptors (Lipinski definition) is 4. The molecule has 0 spiro atoms. The Labute approximate surface area is 138 Å². The number of thiazole rings is 1. The lowest BCUT2D eigenvalue weighted by atomic mass is 9.83. The van der Waals surface area contributed by atoms with Crippen molar-refractivity contribution in [2.24, 2.45) is 5.92 Å². The summed E-state index contributed by atoms with van der Waals surface area (Å²) < 4.78 is 0. The minimum atomic E-state index is -1.02. The Hall–Kier alpha value is -2.21. The van der Waals surface area contributed by atoms with E-state index in [2.05, 4.69) is 22.4 Å². The van der Waals surface area contributed by atoms with Gasteiger partial charge in [0.2, 0.25) is 5.91 Å². The van der Waals surface area contributed by atoms with Gasteiger partial charge in [0.25, 0.3) is 0 Å². The molecule has 1 aromatic heterocycles. The van der Waals surface area contributed by atoms with Gasteiger partial charge in [-0.2, -0.15) is 0 Å². The highest BCUT2D eigenvalue weighted by molar-refractivity contribution is 7.09. The Kier molecular flexibility index (Phi) is 4.71. The number of amides is 1. The molecule has 1 aliphatic rings. The van der Waals surface area contributed by atoms with Crippen LogP contribution in [0.1, 0.15) is 33.0 Å². The molecule has 5 nitrogen and oxygen atoms in total. The molecular formula is C17H18N2O3S. The number of carbonyl (C=O) groups excluding carboxylic acids is 1. The van der Waals surface area contributed by atoms with E-state index >= 15 is 0 Å². The average Bonchev–Trinajstić information content (AvgIpc) is 3.03. The van der Waals surface area contributed by atoms with E-state index in [9.17, 15) is 9.59 Å². The quantitative estimate of drug-likeness (QED) is 0.882. The number of nitrogens with zero attached hydrogens (tertiary/aromatic N) is 1. The zero-order valence-corrected chi connectivity index (χ0v) is 13.4. The Bertz CT molecular complexity index is 726. The summed E-state index contributed by atoms with van der Waals surface area (Å²) >= 11 is 1.31. The first-order valence-electron chi connectivity index (χ1n) is 7.65. The van der Waals surface area contributed by atoms with Gasteiger partial charge in [-0.3, -0.25) is 4.79 Å². The fraction of sp³-hybridized carbons (Fsp3) is 0.353. The van der Waals surface area contributed by atoms with E-state index in [1.165, 1.54) is 27.8 Å². The Morgan fingerprint density at radius 3 is 2.83 bits per heavy atom. The number of aromatic carboxylic acids is 1. The summed E-state index contributed by atoms with van der Waals surface area (Å²) in [5.74, 6) is -0.914. The monoisotopic (exact) mass is 330 g/mol. The number of carboxylic acids is 1. The minimum absolute atomic E-state index is 0.0239. The van der Waals surface area contributed by atoms with Gasteiger partial charge in [-0.15, -0.1) is 11.3 Å². The second-order valence-electron chi connectivity index (χ2n) is 5.68. The van der Waals surface area contributed by atoms with Gasteiger partial charge < -0.3 is 10.4 Å². The molecule has 1 unspecified atom stereocenters. The van der Waals surface area contributed by atoms with Crippen molar-refractivity contribution >= 4 is 23.2 Å². The Morgan fingerprint density at radius 2 is 2.09 bits per heavy atom. The molecule has 0 saturated heterocycles. The van der Waals surface area contributed by atoms with Crippen LogP contribution in [0.2, 0.25) is 0 Å². The minimum Gasteiger partial charge on any atom is -0.476 e. The first-order valence-corrected chi connectivity index (χ1v) is 8.53. The van der Waals surface area contributed by atoms with Crippen LogP contribution < -0.4 is 5.32 Å². The first-order chi connectivity index (χ1) is 11.1.